The van der Waals surface area contributed by atoms with E-state index in [2.05, 4.69) is 0 Å². The summed E-state index contributed by atoms with van der Waals surface area (Å²) in [6.07, 6.45) is 0.0636. The Morgan fingerprint density at radius 2 is 1.93 bits per heavy atom. The van der Waals surface area contributed by atoms with Gasteiger partial charge in [0.15, 0.2) is 11.5 Å². The first-order valence-electron chi connectivity index (χ1n) is 8.85. The van der Waals surface area contributed by atoms with E-state index in [4.69, 9.17) is 14.2 Å². The Morgan fingerprint density at radius 3 is 2.59 bits per heavy atom. The van der Waals surface area contributed by atoms with E-state index in [0.29, 0.717) is 30.2 Å². The van der Waals surface area contributed by atoms with Crippen LogP contribution in [0.15, 0.2) is 42.5 Å². The van der Waals surface area contributed by atoms with E-state index in [1.165, 1.54) is 7.11 Å². The fraction of sp³-hybridized carbons (Fsp3) is 0.333. The number of hydrogen-bond acceptors (Lipinski definition) is 5. The Balaban J connectivity index is 1.99. The molecule has 0 saturated carbocycles. The minimum atomic E-state index is -0.456. The molecule has 0 spiro atoms. The number of fused-ring (bicyclic) bond motifs is 1. The van der Waals surface area contributed by atoms with E-state index >= 15 is 0 Å². The van der Waals surface area contributed by atoms with Crippen molar-refractivity contribution in [2.24, 2.45) is 0 Å². The SMILES string of the molecule is CCOc1cc(C(CC(=O)OC)N2Cc3ccccc3C2=O)ccc1OC. The zero-order valence-electron chi connectivity index (χ0n) is 15.7. The smallest absolute Gasteiger partial charge is 0.307 e. The molecular weight excluding hydrogens is 346 g/mol. The molecule has 0 saturated heterocycles. The average Bonchev–Trinajstić information content (AvgIpc) is 3.03. The molecule has 1 heterocycles. The Labute approximate surface area is 158 Å². The number of methoxy groups -OCH3 is 2. The molecule has 2 aromatic carbocycles. The standard InChI is InChI=1S/C21H23NO5/c1-4-27-19-11-14(9-10-18(19)25-2)17(12-20(23)26-3)22-13-15-7-5-6-8-16(15)21(22)24/h5-11,17H,4,12-13H2,1-3H3. The molecule has 0 fully saturated rings. The van der Waals surface area contributed by atoms with Gasteiger partial charge in [0.25, 0.3) is 5.91 Å². The second-order valence-electron chi connectivity index (χ2n) is 6.23. The van der Waals surface area contributed by atoms with Crippen molar-refractivity contribution in [2.45, 2.75) is 25.9 Å². The summed E-state index contributed by atoms with van der Waals surface area (Å²) in [4.78, 5) is 26.7. The van der Waals surface area contributed by atoms with Crippen molar-refractivity contribution < 1.29 is 23.8 Å². The van der Waals surface area contributed by atoms with Gasteiger partial charge in [0.05, 0.1) is 33.3 Å². The number of esters is 1. The molecule has 0 aromatic heterocycles. The van der Waals surface area contributed by atoms with E-state index in [0.717, 1.165) is 11.1 Å². The molecule has 1 atom stereocenters. The first-order valence-corrected chi connectivity index (χ1v) is 8.85. The maximum atomic E-state index is 12.9. The van der Waals surface area contributed by atoms with Crippen LogP contribution in [0.3, 0.4) is 0 Å². The van der Waals surface area contributed by atoms with Gasteiger partial charge in [-0.1, -0.05) is 24.3 Å². The minimum absolute atomic E-state index is 0.0636. The third-order valence-corrected chi connectivity index (χ3v) is 4.69. The molecule has 1 aliphatic heterocycles. The van der Waals surface area contributed by atoms with Gasteiger partial charge in [0.2, 0.25) is 0 Å². The molecule has 3 rings (SSSR count). The molecule has 1 unspecified atom stereocenters. The van der Waals surface area contributed by atoms with Gasteiger partial charge in [-0.05, 0) is 36.2 Å². The minimum Gasteiger partial charge on any atom is -0.493 e. The quantitative estimate of drug-likeness (QED) is 0.700. The van der Waals surface area contributed by atoms with Gasteiger partial charge in [0.1, 0.15) is 0 Å². The lowest BCUT2D eigenvalue weighted by molar-refractivity contribution is -0.141. The molecule has 0 bridgehead atoms. The van der Waals surface area contributed by atoms with E-state index in [9.17, 15) is 9.59 Å². The number of ether oxygens (including phenoxy) is 3. The largest absolute Gasteiger partial charge is 0.493 e. The van der Waals surface area contributed by atoms with Crippen molar-refractivity contribution in [2.75, 3.05) is 20.8 Å². The van der Waals surface area contributed by atoms with Gasteiger partial charge < -0.3 is 19.1 Å². The monoisotopic (exact) mass is 369 g/mol. The molecule has 1 aliphatic rings. The highest BCUT2D eigenvalue weighted by Crippen LogP contribution is 2.37. The second-order valence-corrected chi connectivity index (χ2v) is 6.23. The molecule has 0 aliphatic carbocycles. The van der Waals surface area contributed by atoms with Crippen molar-refractivity contribution >= 4 is 11.9 Å². The zero-order chi connectivity index (χ0) is 19.4. The van der Waals surface area contributed by atoms with Crippen molar-refractivity contribution in [1.29, 1.82) is 0 Å². The van der Waals surface area contributed by atoms with Crippen LogP contribution in [0, 0.1) is 0 Å². The van der Waals surface area contributed by atoms with Crippen LogP contribution in [0.25, 0.3) is 0 Å². The summed E-state index contributed by atoms with van der Waals surface area (Å²) in [6.45, 7) is 2.82. The highest BCUT2D eigenvalue weighted by Gasteiger charge is 2.35. The Hall–Kier alpha value is -3.02. The highest BCUT2D eigenvalue weighted by atomic mass is 16.5. The van der Waals surface area contributed by atoms with Gasteiger partial charge >= 0.3 is 5.97 Å². The van der Waals surface area contributed by atoms with Crippen LogP contribution < -0.4 is 9.47 Å². The maximum absolute atomic E-state index is 12.9. The van der Waals surface area contributed by atoms with Gasteiger partial charge in [-0.3, -0.25) is 9.59 Å². The van der Waals surface area contributed by atoms with E-state index in [1.807, 2.05) is 43.3 Å². The topological polar surface area (TPSA) is 65.1 Å². The summed E-state index contributed by atoms with van der Waals surface area (Å²) >= 11 is 0. The first kappa shape index (κ1) is 18.8. The maximum Gasteiger partial charge on any atom is 0.307 e. The number of amides is 1. The number of hydrogen-bond donors (Lipinski definition) is 0. The first-order chi connectivity index (χ1) is 13.1. The molecule has 1 amide bonds. The van der Waals surface area contributed by atoms with Gasteiger partial charge in [-0.15, -0.1) is 0 Å². The molecule has 2 aromatic rings. The number of benzene rings is 2. The predicted molar refractivity (Wildman–Crippen MR) is 99.9 cm³/mol. The highest BCUT2D eigenvalue weighted by molar-refractivity contribution is 5.98. The molecule has 6 heteroatoms. The van der Waals surface area contributed by atoms with Crippen molar-refractivity contribution in [1.82, 2.24) is 4.90 Å². The Morgan fingerprint density at radius 1 is 1.15 bits per heavy atom. The lowest BCUT2D eigenvalue weighted by atomic mass is 10.0. The lowest BCUT2D eigenvalue weighted by Gasteiger charge is -2.28. The Kier molecular flexibility index (Phi) is 5.64. The van der Waals surface area contributed by atoms with Crippen LogP contribution in [0.2, 0.25) is 0 Å². The Bertz CT molecular complexity index is 848. The third kappa shape index (κ3) is 3.74. The van der Waals surface area contributed by atoms with Crippen molar-refractivity contribution in [3.63, 3.8) is 0 Å². The van der Waals surface area contributed by atoms with Crippen LogP contribution in [0.4, 0.5) is 0 Å². The zero-order valence-corrected chi connectivity index (χ0v) is 15.7. The molecular formula is C21H23NO5. The normalized spacial score (nSPS) is 13.9. The summed E-state index contributed by atoms with van der Waals surface area (Å²) in [5, 5.41) is 0. The van der Waals surface area contributed by atoms with Gasteiger partial charge in [-0.25, -0.2) is 0 Å². The number of rotatable bonds is 7. The predicted octanol–water partition coefficient (Wildman–Crippen LogP) is 3.35. The fourth-order valence-corrected chi connectivity index (χ4v) is 3.35. The van der Waals surface area contributed by atoms with Crippen LogP contribution in [-0.2, 0) is 16.1 Å². The molecule has 27 heavy (non-hydrogen) atoms. The van der Waals surface area contributed by atoms with E-state index in [-0.39, 0.29) is 18.3 Å². The second kappa shape index (κ2) is 8.12. The van der Waals surface area contributed by atoms with Crippen LogP contribution in [0.1, 0.15) is 40.9 Å². The van der Waals surface area contributed by atoms with E-state index in [1.54, 1.807) is 18.1 Å². The summed E-state index contributed by atoms with van der Waals surface area (Å²) in [7, 11) is 2.92. The molecule has 142 valence electrons. The number of carbonyl (C=O) groups is 2. The summed E-state index contributed by atoms with van der Waals surface area (Å²) in [6, 6.07) is 12.5. The van der Waals surface area contributed by atoms with Crippen molar-refractivity contribution in [3.8, 4) is 11.5 Å². The number of carbonyl (C=O) groups excluding carboxylic acids is 2. The van der Waals surface area contributed by atoms with Gasteiger partial charge in [-0.2, -0.15) is 0 Å². The lowest BCUT2D eigenvalue weighted by Crippen LogP contribution is -2.31. The van der Waals surface area contributed by atoms with Crippen LogP contribution in [-0.4, -0.2) is 37.6 Å². The molecule has 0 radical (unpaired) electrons. The molecule has 0 N–H and O–H groups in total. The van der Waals surface area contributed by atoms with Crippen LogP contribution >= 0.6 is 0 Å². The van der Waals surface area contributed by atoms with Crippen LogP contribution in [0.5, 0.6) is 11.5 Å². The van der Waals surface area contributed by atoms with Crippen molar-refractivity contribution in [3.05, 3.63) is 59.2 Å². The fourth-order valence-electron chi connectivity index (χ4n) is 3.35. The summed E-state index contributed by atoms with van der Waals surface area (Å²) in [5.41, 5.74) is 2.42. The third-order valence-electron chi connectivity index (χ3n) is 4.69. The average molecular weight is 369 g/mol. The summed E-state index contributed by atoms with van der Waals surface area (Å²) < 4.78 is 15.9. The summed E-state index contributed by atoms with van der Waals surface area (Å²) in [5.74, 6) is 0.718. The molecule has 6 nitrogen and oxygen atoms in total. The van der Waals surface area contributed by atoms with Gasteiger partial charge in [0, 0.05) is 12.1 Å². The van der Waals surface area contributed by atoms with E-state index < -0.39 is 6.04 Å². The number of nitrogens with zero attached hydrogens (tertiary/aromatic N) is 1.